The van der Waals surface area contributed by atoms with E-state index in [9.17, 15) is 14.4 Å². The van der Waals surface area contributed by atoms with Gasteiger partial charge in [0.15, 0.2) is 6.10 Å². The van der Waals surface area contributed by atoms with Gasteiger partial charge in [-0.05, 0) is 103 Å². The van der Waals surface area contributed by atoms with Gasteiger partial charge in [0.25, 0.3) is 0 Å². The van der Waals surface area contributed by atoms with Crippen molar-refractivity contribution in [1.82, 2.24) is 0 Å². The van der Waals surface area contributed by atoms with Crippen molar-refractivity contribution < 1.29 is 28.6 Å². The molecule has 0 aromatic carbocycles. The molecule has 0 aliphatic heterocycles. The van der Waals surface area contributed by atoms with Crippen LogP contribution in [0.3, 0.4) is 0 Å². The van der Waals surface area contributed by atoms with Crippen molar-refractivity contribution in [3.8, 4) is 0 Å². The summed E-state index contributed by atoms with van der Waals surface area (Å²) in [5.74, 6) is -1.07. The third kappa shape index (κ3) is 49.3. The van der Waals surface area contributed by atoms with Crippen LogP contribution >= 0.6 is 0 Å². The Morgan fingerprint density at radius 3 is 1.08 bits per heavy atom. The van der Waals surface area contributed by atoms with Gasteiger partial charge in [0.1, 0.15) is 13.2 Å². The van der Waals surface area contributed by atoms with E-state index in [-0.39, 0.29) is 31.6 Å². The van der Waals surface area contributed by atoms with Gasteiger partial charge in [-0.15, -0.1) is 0 Å². The van der Waals surface area contributed by atoms with Gasteiger partial charge < -0.3 is 14.2 Å². The predicted molar refractivity (Wildman–Crippen MR) is 274 cm³/mol. The molecular formula is C58H96O6. The lowest BCUT2D eigenvalue weighted by molar-refractivity contribution is -0.166. The van der Waals surface area contributed by atoms with Gasteiger partial charge in [-0.3, -0.25) is 14.4 Å². The van der Waals surface area contributed by atoms with Crippen LogP contribution in [0.25, 0.3) is 0 Å². The van der Waals surface area contributed by atoms with Gasteiger partial charge in [0.05, 0.1) is 6.42 Å². The largest absolute Gasteiger partial charge is 0.462 e. The van der Waals surface area contributed by atoms with E-state index in [2.05, 4.69) is 106 Å². The monoisotopic (exact) mass is 889 g/mol. The van der Waals surface area contributed by atoms with Crippen molar-refractivity contribution in [2.24, 2.45) is 0 Å². The number of hydrogen-bond acceptors (Lipinski definition) is 6. The Morgan fingerprint density at radius 1 is 0.344 bits per heavy atom. The third-order valence-electron chi connectivity index (χ3n) is 10.8. The van der Waals surface area contributed by atoms with E-state index in [0.29, 0.717) is 12.8 Å². The number of ether oxygens (including phenoxy) is 3. The molecule has 0 saturated heterocycles. The maximum atomic E-state index is 12.7. The molecule has 0 radical (unpaired) electrons. The SMILES string of the molecule is CC/C=C\C/C=C\C/C=C\C/C=C\C/C=C\CC(=O)OC(COC(=O)CCCCCCC/C=C\CCCCCCC)COC(=O)CCCCCCCCC/C=C\C/C=C\CCCCC. The zero-order chi connectivity index (χ0) is 46.5. The van der Waals surface area contributed by atoms with E-state index in [1.807, 2.05) is 6.08 Å². The molecule has 0 aromatic rings. The van der Waals surface area contributed by atoms with Gasteiger partial charge in [-0.1, -0.05) is 208 Å². The molecule has 0 N–H and O–H groups in total. The average molecular weight is 889 g/mol. The first-order chi connectivity index (χ1) is 31.5. The second kappa shape index (κ2) is 52.0. The second-order valence-electron chi connectivity index (χ2n) is 17.1. The maximum Gasteiger partial charge on any atom is 0.310 e. The Morgan fingerprint density at radius 2 is 0.656 bits per heavy atom. The van der Waals surface area contributed by atoms with Crippen LogP contribution in [0, 0.1) is 0 Å². The van der Waals surface area contributed by atoms with Crippen molar-refractivity contribution in [3.05, 3.63) is 97.2 Å². The smallest absolute Gasteiger partial charge is 0.310 e. The lowest BCUT2D eigenvalue weighted by atomic mass is 10.1. The number of carbonyl (C=O) groups excluding carboxylic acids is 3. The molecule has 0 amide bonds. The van der Waals surface area contributed by atoms with E-state index in [1.165, 1.54) is 96.3 Å². The third-order valence-corrected chi connectivity index (χ3v) is 10.8. The first-order valence-corrected chi connectivity index (χ1v) is 26.2. The Hall–Kier alpha value is -3.67. The minimum atomic E-state index is -0.839. The van der Waals surface area contributed by atoms with Crippen molar-refractivity contribution >= 4 is 17.9 Å². The highest BCUT2D eigenvalue weighted by Crippen LogP contribution is 2.13. The van der Waals surface area contributed by atoms with E-state index in [1.54, 1.807) is 6.08 Å². The quantitative estimate of drug-likeness (QED) is 0.0262. The Labute approximate surface area is 394 Å². The zero-order valence-electron chi connectivity index (χ0n) is 41.5. The summed E-state index contributed by atoms with van der Waals surface area (Å²) in [6, 6.07) is 0. The van der Waals surface area contributed by atoms with Crippen molar-refractivity contribution in [2.45, 2.75) is 239 Å². The first kappa shape index (κ1) is 60.3. The molecule has 0 spiro atoms. The molecule has 1 unspecified atom stereocenters. The molecule has 0 heterocycles. The predicted octanol–water partition coefficient (Wildman–Crippen LogP) is 17.4. The van der Waals surface area contributed by atoms with E-state index in [0.717, 1.165) is 96.3 Å². The summed E-state index contributed by atoms with van der Waals surface area (Å²) in [7, 11) is 0. The van der Waals surface area contributed by atoms with Crippen LogP contribution < -0.4 is 0 Å². The molecule has 0 aromatic heterocycles. The average Bonchev–Trinajstić information content (AvgIpc) is 3.29. The molecule has 0 rings (SSSR count). The number of esters is 3. The molecular weight excluding hydrogens is 793 g/mol. The Kier molecular flexibility index (Phi) is 49.0. The fourth-order valence-electron chi connectivity index (χ4n) is 6.89. The van der Waals surface area contributed by atoms with Gasteiger partial charge in [0, 0.05) is 12.8 Å². The molecule has 6 nitrogen and oxygen atoms in total. The van der Waals surface area contributed by atoms with Crippen molar-refractivity contribution in [2.75, 3.05) is 13.2 Å². The van der Waals surface area contributed by atoms with Crippen LogP contribution in [0.4, 0.5) is 0 Å². The standard InChI is InChI=1S/C58H96O6/c1-4-7-10-13-16-19-22-25-28-29-31-33-36-39-42-45-48-51-57(60)63-54-55(53-62-56(59)50-47-44-41-38-35-32-27-24-21-18-15-12-9-6-3)64-58(61)52-49-46-43-40-37-34-30-26-23-20-17-14-11-8-5-2/h8,11,16-17,19-20,24-28,30,37,40,46,49,55H,4-7,9-10,12-15,18,21-23,29,31-36,38-39,41-45,47-48,50-54H2,1-3H3/b11-8-,19-16-,20-17-,27-24-,28-25-,30-26-,40-37-,49-46-. The summed E-state index contributed by atoms with van der Waals surface area (Å²) in [5, 5.41) is 0. The summed E-state index contributed by atoms with van der Waals surface area (Å²) in [6.45, 7) is 6.38. The van der Waals surface area contributed by atoms with Crippen molar-refractivity contribution in [1.29, 1.82) is 0 Å². The molecule has 6 heteroatoms. The summed E-state index contributed by atoms with van der Waals surface area (Å²) >= 11 is 0. The number of rotatable bonds is 46. The van der Waals surface area contributed by atoms with Gasteiger partial charge in [-0.2, -0.15) is 0 Å². The highest BCUT2D eigenvalue weighted by atomic mass is 16.6. The van der Waals surface area contributed by atoms with Gasteiger partial charge in [0.2, 0.25) is 0 Å². The normalized spacial score (nSPS) is 12.9. The number of carbonyl (C=O) groups is 3. The highest BCUT2D eigenvalue weighted by molar-refractivity contribution is 5.72. The van der Waals surface area contributed by atoms with Crippen LogP contribution in [0.15, 0.2) is 97.2 Å². The minimum Gasteiger partial charge on any atom is -0.462 e. The molecule has 64 heavy (non-hydrogen) atoms. The Balaban J connectivity index is 4.53. The maximum absolute atomic E-state index is 12.7. The number of hydrogen-bond donors (Lipinski definition) is 0. The zero-order valence-corrected chi connectivity index (χ0v) is 41.5. The molecule has 0 aliphatic carbocycles. The van der Waals surface area contributed by atoms with E-state index < -0.39 is 12.1 Å². The highest BCUT2D eigenvalue weighted by Gasteiger charge is 2.19. The van der Waals surface area contributed by atoms with Crippen LogP contribution in [0.2, 0.25) is 0 Å². The van der Waals surface area contributed by atoms with E-state index in [4.69, 9.17) is 14.2 Å². The van der Waals surface area contributed by atoms with Gasteiger partial charge >= 0.3 is 17.9 Å². The fourth-order valence-corrected chi connectivity index (χ4v) is 6.89. The first-order valence-electron chi connectivity index (χ1n) is 26.2. The summed E-state index contributed by atoms with van der Waals surface area (Å²) in [5.41, 5.74) is 0. The molecule has 0 fully saturated rings. The van der Waals surface area contributed by atoms with E-state index >= 15 is 0 Å². The molecule has 0 bridgehead atoms. The lowest BCUT2D eigenvalue weighted by Crippen LogP contribution is -2.30. The van der Waals surface area contributed by atoms with Crippen LogP contribution in [-0.2, 0) is 28.6 Å². The minimum absolute atomic E-state index is 0.0916. The Bertz CT molecular complexity index is 1300. The summed E-state index contributed by atoms with van der Waals surface area (Å²) in [6.07, 6.45) is 68.4. The van der Waals surface area contributed by atoms with Crippen LogP contribution in [0.5, 0.6) is 0 Å². The number of unbranched alkanes of at least 4 members (excludes halogenated alkanes) is 20. The summed E-state index contributed by atoms with van der Waals surface area (Å²) < 4.78 is 16.7. The fraction of sp³-hybridized carbons (Fsp3) is 0.672. The molecule has 0 aliphatic rings. The topological polar surface area (TPSA) is 78.9 Å². The lowest BCUT2D eigenvalue weighted by Gasteiger charge is -2.18. The van der Waals surface area contributed by atoms with Gasteiger partial charge in [-0.25, -0.2) is 0 Å². The van der Waals surface area contributed by atoms with Crippen LogP contribution in [-0.4, -0.2) is 37.2 Å². The molecule has 0 saturated carbocycles. The van der Waals surface area contributed by atoms with Crippen LogP contribution in [0.1, 0.15) is 233 Å². The second-order valence-corrected chi connectivity index (χ2v) is 17.1. The summed E-state index contributed by atoms with van der Waals surface area (Å²) in [4.78, 5) is 37.9. The molecule has 1 atom stereocenters. The van der Waals surface area contributed by atoms with Crippen molar-refractivity contribution in [3.63, 3.8) is 0 Å². The molecule has 364 valence electrons. The number of allylic oxidation sites excluding steroid dienone is 15.